The molecule has 0 atom stereocenters. The second-order valence-electron chi connectivity index (χ2n) is 8.01. The van der Waals surface area contributed by atoms with Gasteiger partial charge in [0.05, 0.1) is 23.7 Å². The smallest absolute Gasteiger partial charge is 0.263 e. The van der Waals surface area contributed by atoms with Crippen LogP contribution in [0.1, 0.15) is 53.2 Å². The van der Waals surface area contributed by atoms with Crippen molar-refractivity contribution in [2.45, 2.75) is 63.5 Å². The van der Waals surface area contributed by atoms with E-state index in [0.717, 1.165) is 46.4 Å². The van der Waals surface area contributed by atoms with Crippen LogP contribution in [0.25, 0.3) is 10.2 Å². The van der Waals surface area contributed by atoms with Gasteiger partial charge in [-0.25, -0.2) is 9.67 Å². The predicted octanol–water partition coefficient (Wildman–Crippen LogP) is 4.30. The fourth-order valence-corrected chi connectivity index (χ4v) is 5.82. The molecule has 1 aliphatic rings. The molecule has 5 rings (SSSR count). The highest BCUT2D eigenvalue weighted by atomic mass is 32.2. The van der Waals surface area contributed by atoms with Gasteiger partial charge in [0, 0.05) is 4.88 Å². The van der Waals surface area contributed by atoms with Crippen LogP contribution < -0.4 is 5.56 Å². The molecule has 1 fully saturated rings. The summed E-state index contributed by atoms with van der Waals surface area (Å²) in [6.07, 6.45) is 3.15. The molecule has 160 valence electrons. The summed E-state index contributed by atoms with van der Waals surface area (Å²) in [5.41, 5.74) is 3.38. The Bertz CT molecular complexity index is 1300. The zero-order valence-corrected chi connectivity index (χ0v) is 19.5. The summed E-state index contributed by atoms with van der Waals surface area (Å²) in [6, 6.07) is 8.72. The molecule has 0 aliphatic heterocycles. The Balaban J connectivity index is 1.56. The van der Waals surface area contributed by atoms with E-state index in [4.69, 9.17) is 4.98 Å². The molecule has 3 aromatic heterocycles. The molecule has 0 spiro atoms. The molecule has 1 aromatic carbocycles. The molecule has 9 heteroatoms. The first-order valence-electron chi connectivity index (χ1n) is 10.5. The van der Waals surface area contributed by atoms with E-state index in [1.54, 1.807) is 11.3 Å². The highest BCUT2D eigenvalue weighted by molar-refractivity contribution is 7.98. The van der Waals surface area contributed by atoms with Gasteiger partial charge in [0.25, 0.3) is 5.56 Å². The van der Waals surface area contributed by atoms with Crippen LogP contribution in [0.4, 0.5) is 0 Å². The summed E-state index contributed by atoms with van der Waals surface area (Å²) in [5.74, 6) is 1.42. The SMILES string of the molecule is CCc1sc2nc(SCc3nnnn3C3CC3)n(Cc3ccc(C)cc3)c(=O)c2c1C. The van der Waals surface area contributed by atoms with E-state index >= 15 is 0 Å². The average Bonchev–Trinajstić information content (AvgIpc) is 3.41. The maximum absolute atomic E-state index is 13.6. The maximum atomic E-state index is 13.6. The molecule has 0 N–H and O–H groups in total. The lowest BCUT2D eigenvalue weighted by atomic mass is 10.1. The average molecular weight is 453 g/mol. The molecule has 7 nitrogen and oxygen atoms in total. The molecule has 0 saturated heterocycles. The molecule has 4 aromatic rings. The second-order valence-corrected chi connectivity index (χ2v) is 10.0. The number of aromatic nitrogens is 6. The van der Waals surface area contributed by atoms with Gasteiger partial charge in [0.1, 0.15) is 4.83 Å². The third-order valence-corrected chi connectivity index (χ3v) is 7.98. The van der Waals surface area contributed by atoms with Crippen LogP contribution in [0, 0.1) is 13.8 Å². The molecule has 1 saturated carbocycles. The number of fused-ring (bicyclic) bond motifs is 1. The number of rotatable bonds is 7. The molecule has 3 heterocycles. The van der Waals surface area contributed by atoms with Crippen LogP contribution in [0.3, 0.4) is 0 Å². The molecule has 1 aliphatic carbocycles. The van der Waals surface area contributed by atoms with Crippen molar-refractivity contribution in [2.75, 3.05) is 0 Å². The summed E-state index contributed by atoms with van der Waals surface area (Å²) in [5, 5.41) is 13.7. The Hall–Kier alpha value is -2.52. The van der Waals surface area contributed by atoms with Gasteiger partial charge in [-0.1, -0.05) is 48.5 Å². The van der Waals surface area contributed by atoms with Crippen molar-refractivity contribution in [3.05, 3.63) is 62.0 Å². The lowest BCUT2D eigenvalue weighted by molar-refractivity contribution is 0.592. The largest absolute Gasteiger partial charge is 0.283 e. The van der Waals surface area contributed by atoms with Crippen LogP contribution in [0.15, 0.2) is 34.2 Å². The van der Waals surface area contributed by atoms with Gasteiger partial charge in [-0.3, -0.25) is 9.36 Å². The summed E-state index contributed by atoms with van der Waals surface area (Å²) >= 11 is 3.16. The zero-order valence-electron chi connectivity index (χ0n) is 17.8. The Labute approximate surface area is 188 Å². The standard InChI is InChI=1S/C22H24N6OS2/c1-4-17-14(3)19-20(31-17)23-22(30-12-18-24-25-26-28(18)16-9-10-16)27(21(19)29)11-15-7-5-13(2)6-8-15/h5-8,16H,4,9-12H2,1-3H3. The van der Waals surface area contributed by atoms with Crippen molar-refractivity contribution < 1.29 is 0 Å². The van der Waals surface area contributed by atoms with Crippen molar-refractivity contribution >= 4 is 33.3 Å². The summed E-state index contributed by atoms with van der Waals surface area (Å²) in [6.45, 7) is 6.72. The summed E-state index contributed by atoms with van der Waals surface area (Å²) in [4.78, 5) is 20.6. The van der Waals surface area contributed by atoms with Gasteiger partial charge in [-0.2, -0.15) is 0 Å². The predicted molar refractivity (Wildman–Crippen MR) is 124 cm³/mol. The van der Waals surface area contributed by atoms with Crippen molar-refractivity contribution in [1.82, 2.24) is 29.8 Å². The number of nitrogens with zero attached hydrogens (tertiary/aromatic N) is 6. The van der Waals surface area contributed by atoms with Gasteiger partial charge in [0.15, 0.2) is 11.0 Å². The van der Waals surface area contributed by atoms with E-state index in [1.807, 2.05) is 16.2 Å². The monoisotopic (exact) mass is 452 g/mol. The Kier molecular flexibility index (Phi) is 5.39. The number of tetrazole rings is 1. The molecule has 0 unspecified atom stereocenters. The van der Waals surface area contributed by atoms with E-state index in [9.17, 15) is 4.79 Å². The number of thioether (sulfide) groups is 1. The normalized spacial score (nSPS) is 13.9. The minimum absolute atomic E-state index is 0.0308. The number of benzene rings is 1. The molecular formula is C22H24N6OS2. The first-order chi connectivity index (χ1) is 15.0. The Morgan fingerprint density at radius 3 is 2.68 bits per heavy atom. The Morgan fingerprint density at radius 1 is 1.19 bits per heavy atom. The third-order valence-electron chi connectivity index (χ3n) is 5.68. The minimum atomic E-state index is 0.0308. The maximum Gasteiger partial charge on any atom is 0.263 e. The molecule has 0 amide bonds. The summed E-state index contributed by atoms with van der Waals surface area (Å²) < 4.78 is 3.72. The highest BCUT2D eigenvalue weighted by Crippen LogP contribution is 2.36. The van der Waals surface area contributed by atoms with Gasteiger partial charge in [-0.05, 0) is 54.7 Å². The van der Waals surface area contributed by atoms with E-state index in [0.29, 0.717) is 23.5 Å². The lowest BCUT2D eigenvalue weighted by Gasteiger charge is -2.12. The van der Waals surface area contributed by atoms with Crippen molar-refractivity contribution in [3.63, 3.8) is 0 Å². The molecule has 0 radical (unpaired) electrons. The number of aryl methyl sites for hydroxylation is 3. The van der Waals surface area contributed by atoms with E-state index in [1.165, 1.54) is 22.2 Å². The Morgan fingerprint density at radius 2 is 1.97 bits per heavy atom. The van der Waals surface area contributed by atoms with Gasteiger partial charge in [0.2, 0.25) is 0 Å². The zero-order chi connectivity index (χ0) is 21.5. The van der Waals surface area contributed by atoms with Crippen LogP contribution in [-0.2, 0) is 18.7 Å². The van der Waals surface area contributed by atoms with E-state index in [2.05, 4.69) is 53.6 Å². The second kappa shape index (κ2) is 8.20. The quantitative estimate of drug-likeness (QED) is 0.307. The third kappa shape index (κ3) is 3.92. The van der Waals surface area contributed by atoms with Crippen LogP contribution >= 0.6 is 23.1 Å². The lowest BCUT2D eigenvalue weighted by Crippen LogP contribution is -2.24. The minimum Gasteiger partial charge on any atom is -0.283 e. The fraction of sp³-hybridized carbons (Fsp3) is 0.409. The van der Waals surface area contributed by atoms with Crippen LogP contribution in [-0.4, -0.2) is 29.8 Å². The summed E-state index contributed by atoms with van der Waals surface area (Å²) in [7, 11) is 0. The van der Waals surface area contributed by atoms with Gasteiger partial charge >= 0.3 is 0 Å². The topological polar surface area (TPSA) is 78.5 Å². The molecule has 31 heavy (non-hydrogen) atoms. The number of hydrogen-bond donors (Lipinski definition) is 0. The highest BCUT2D eigenvalue weighted by Gasteiger charge is 2.28. The van der Waals surface area contributed by atoms with Crippen molar-refractivity contribution in [1.29, 1.82) is 0 Å². The van der Waals surface area contributed by atoms with E-state index in [-0.39, 0.29) is 5.56 Å². The fourth-order valence-electron chi connectivity index (χ4n) is 3.75. The van der Waals surface area contributed by atoms with Gasteiger partial charge in [-0.15, -0.1) is 16.4 Å². The van der Waals surface area contributed by atoms with Gasteiger partial charge < -0.3 is 0 Å². The van der Waals surface area contributed by atoms with Crippen LogP contribution in [0.5, 0.6) is 0 Å². The first kappa shape index (κ1) is 20.4. The number of thiophene rings is 1. The van der Waals surface area contributed by atoms with Crippen molar-refractivity contribution in [3.8, 4) is 0 Å². The number of hydrogen-bond acceptors (Lipinski definition) is 7. The van der Waals surface area contributed by atoms with E-state index < -0.39 is 0 Å². The van der Waals surface area contributed by atoms with Crippen molar-refractivity contribution in [2.24, 2.45) is 0 Å². The van der Waals surface area contributed by atoms with Crippen LogP contribution in [0.2, 0.25) is 0 Å². The first-order valence-corrected chi connectivity index (χ1v) is 12.3. The molecular weight excluding hydrogens is 428 g/mol. The molecule has 0 bridgehead atoms.